The van der Waals surface area contributed by atoms with Crippen LogP contribution in [0.15, 0.2) is 36.5 Å². The molecule has 1 aliphatic rings. The lowest BCUT2D eigenvalue weighted by molar-refractivity contribution is 0.128. The number of hydrogen-bond donors (Lipinski definition) is 0. The van der Waals surface area contributed by atoms with Crippen molar-refractivity contribution >= 4 is 11.4 Å². The Balaban J connectivity index is 2.03. The molecule has 0 bridgehead atoms. The van der Waals surface area contributed by atoms with Gasteiger partial charge in [-0.05, 0) is 63.9 Å². The van der Waals surface area contributed by atoms with Crippen LogP contribution in [0.3, 0.4) is 0 Å². The van der Waals surface area contributed by atoms with Gasteiger partial charge in [-0.2, -0.15) is 0 Å². The molecule has 5 heteroatoms. The summed E-state index contributed by atoms with van der Waals surface area (Å²) >= 11 is 0. The summed E-state index contributed by atoms with van der Waals surface area (Å²) in [5.41, 5.74) is 3.10. The first-order valence-electron chi connectivity index (χ1n) is 11.0. The Kier molecular flexibility index (Phi) is 8.17. The summed E-state index contributed by atoms with van der Waals surface area (Å²) in [6.45, 7) is 8.41. The quantitative estimate of drug-likeness (QED) is 0.499. The minimum absolute atomic E-state index is 0.447. The van der Waals surface area contributed by atoms with E-state index in [1.54, 1.807) is 0 Å². The molecule has 0 saturated heterocycles. The second-order valence-corrected chi connectivity index (χ2v) is 7.26. The molecule has 1 fully saturated rings. The maximum Gasteiger partial charge on any atom is 0.166 e. The van der Waals surface area contributed by atoms with Crippen LogP contribution in [-0.2, 0) is 11.3 Å². The van der Waals surface area contributed by atoms with Gasteiger partial charge in [0.25, 0.3) is 0 Å². The maximum atomic E-state index is 6.11. The van der Waals surface area contributed by atoms with E-state index in [1.807, 2.05) is 27.0 Å². The van der Waals surface area contributed by atoms with Crippen LogP contribution in [0.25, 0.3) is 0 Å². The molecule has 0 atom stereocenters. The van der Waals surface area contributed by atoms with Gasteiger partial charge in [-0.15, -0.1) is 0 Å². The second-order valence-electron chi connectivity index (χ2n) is 7.26. The van der Waals surface area contributed by atoms with Crippen LogP contribution in [0.4, 0.5) is 11.4 Å². The molecule has 0 amide bonds. The topological polar surface area (TPSA) is 43.8 Å². The highest BCUT2D eigenvalue weighted by molar-refractivity contribution is 5.71. The zero-order valence-corrected chi connectivity index (χ0v) is 18.0. The first kappa shape index (κ1) is 21.4. The average Bonchev–Trinajstić information content (AvgIpc) is 2.76. The van der Waals surface area contributed by atoms with Gasteiger partial charge in [-0.3, -0.25) is 4.98 Å². The minimum Gasteiger partial charge on any atom is -0.494 e. The van der Waals surface area contributed by atoms with Gasteiger partial charge < -0.3 is 19.1 Å². The number of ether oxygens (including phenoxy) is 3. The molecule has 0 unspecified atom stereocenters. The fraction of sp³-hybridized carbons (Fsp3) is 0.542. The van der Waals surface area contributed by atoms with E-state index in [9.17, 15) is 0 Å². The lowest BCUT2D eigenvalue weighted by atomic mass is 9.93. The highest BCUT2D eigenvalue weighted by Gasteiger charge is 2.27. The van der Waals surface area contributed by atoms with E-state index >= 15 is 0 Å². The minimum atomic E-state index is 0.447. The Morgan fingerprint density at radius 1 is 0.897 bits per heavy atom. The molecule has 3 rings (SSSR count). The van der Waals surface area contributed by atoms with Crippen LogP contribution in [-0.4, -0.2) is 30.8 Å². The highest BCUT2D eigenvalue weighted by atomic mass is 16.5. The molecular weight excluding hydrogens is 364 g/mol. The van der Waals surface area contributed by atoms with E-state index < -0.39 is 0 Å². The fourth-order valence-corrected chi connectivity index (χ4v) is 4.03. The van der Waals surface area contributed by atoms with Crippen molar-refractivity contribution in [1.82, 2.24) is 4.98 Å². The zero-order chi connectivity index (χ0) is 20.5. The standard InChI is InChI=1S/C24H34N2O3/c1-4-27-18-22-24(29-6-3)23(16-17-25-22)26(19-10-8-7-9-11-19)20-12-14-21(15-13-20)28-5-2/h12-17,19H,4-11,18H2,1-3H3. The van der Waals surface area contributed by atoms with Crippen LogP contribution < -0.4 is 14.4 Å². The predicted molar refractivity (Wildman–Crippen MR) is 117 cm³/mol. The molecule has 1 aromatic carbocycles. The number of rotatable bonds is 10. The van der Waals surface area contributed by atoms with Crippen LogP contribution in [0.5, 0.6) is 11.5 Å². The lowest BCUT2D eigenvalue weighted by Gasteiger charge is -2.37. The first-order chi connectivity index (χ1) is 14.3. The van der Waals surface area contributed by atoms with Gasteiger partial charge >= 0.3 is 0 Å². The zero-order valence-electron chi connectivity index (χ0n) is 18.0. The second kappa shape index (κ2) is 11.1. The number of anilines is 2. The Morgan fingerprint density at radius 3 is 2.28 bits per heavy atom. The van der Waals surface area contributed by atoms with Crippen molar-refractivity contribution in [1.29, 1.82) is 0 Å². The first-order valence-corrected chi connectivity index (χ1v) is 11.0. The molecule has 158 valence electrons. The van der Waals surface area contributed by atoms with Gasteiger partial charge in [0.1, 0.15) is 11.4 Å². The van der Waals surface area contributed by atoms with Crippen LogP contribution in [0, 0.1) is 0 Å². The van der Waals surface area contributed by atoms with E-state index in [0.29, 0.717) is 32.5 Å². The SMILES string of the molecule is CCOCc1nccc(N(c2ccc(OCC)cc2)C2CCCCC2)c1OCC. The number of benzene rings is 1. The van der Waals surface area contributed by atoms with Crippen LogP contribution >= 0.6 is 0 Å². The molecule has 1 heterocycles. The molecule has 0 N–H and O–H groups in total. The Bertz CT molecular complexity index is 742. The fourth-order valence-electron chi connectivity index (χ4n) is 4.03. The van der Waals surface area contributed by atoms with Crippen molar-refractivity contribution in [3.8, 4) is 11.5 Å². The third kappa shape index (κ3) is 5.41. The molecule has 0 spiro atoms. The molecule has 1 aliphatic carbocycles. The average molecular weight is 399 g/mol. The predicted octanol–water partition coefficient (Wildman–Crippen LogP) is 5.89. The molecule has 2 aromatic rings. The molecule has 0 aliphatic heterocycles. The molecule has 0 radical (unpaired) electrons. The highest BCUT2D eigenvalue weighted by Crippen LogP contribution is 2.41. The molecule has 29 heavy (non-hydrogen) atoms. The smallest absolute Gasteiger partial charge is 0.166 e. The van der Waals surface area contributed by atoms with Crippen LogP contribution in [0.1, 0.15) is 58.6 Å². The number of nitrogens with zero attached hydrogens (tertiary/aromatic N) is 2. The van der Waals surface area contributed by atoms with E-state index in [4.69, 9.17) is 14.2 Å². The van der Waals surface area contributed by atoms with E-state index in [0.717, 1.165) is 28.6 Å². The summed E-state index contributed by atoms with van der Waals surface area (Å²) in [5, 5.41) is 0. The summed E-state index contributed by atoms with van der Waals surface area (Å²) in [6, 6.07) is 10.9. The summed E-state index contributed by atoms with van der Waals surface area (Å²) < 4.78 is 17.4. The van der Waals surface area contributed by atoms with Gasteiger partial charge in [0.2, 0.25) is 0 Å². The Hall–Kier alpha value is -2.27. The summed E-state index contributed by atoms with van der Waals surface area (Å²) in [6.07, 6.45) is 8.08. The Labute approximate surface area is 175 Å². The van der Waals surface area contributed by atoms with E-state index in [2.05, 4.69) is 40.2 Å². The number of hydrogen-bond acceptors (Lipinski definition) is 5. The van der Waals surface area contributed by atoms with Gasteiger partial charge in [0.15, 0.2) is 5.75 Å². The van der Waals surface area contributed by atoms with Crippen molar-refractivity contribution in [3.05, 3.63) is 42.2 Å². The largest absolute Gasteiger partial charge is 0.494 e. The third-order valence-corrected chi connectivity index (χ3v) is 5.31. The molecule has 1 saturated carbocycles. The number of aromatic nitrogens is 1. The van der Waals surface area contributed by atoms with Gasteiger partial charge in [-0.25, -0.2) is 0 Å². The summed E-state index contributed by atoms with van der Waals surface area (Å²) in [5.74, 6) is 1.74. The van der Waals surface area contributed by atoms with E-state index in [-0.39, 0.29) is 0 Å². The molecular formula is C24H34N2O3. The maximum absolute atomic E-state index is 6.11. The Morgan fingerprint density at radius 2 is 1.62 bits per heavy atom. The van der Waals surface area contributed by atoms with Crippen molar-refractivity contribution in [2.24, 2.45) is 0 Å². The monoisotopic (exact) mass is 398 g/mol. The third-order valence-electron chi connectivity index (χ3n) is 5.31. The molecule has 1 aromatic heterocycles. The number of pyridine rings is 1. The molecule has 5 nitrogen and oxygen atoms in total. The van der Waals surface area contributed by atoms with Gasteiger partial charge in [0, 0.05) is 24.5 Å². The summed E-state index contributed by atoms with van der Waals surface area (Å²) in [4.78, 5) is 7.00. The summed E-state index contributed by atoms with van der Waals surface area (Å²) in [7, 11) is 0. The normalized spacial score (nSPS) is 14.6. The van der Waals surface area contributed by atoms with Gasteiger partial charge in [-0.1, -0.05) is 19.3 Å². The van der Waals surface area contributed by atoms with Crippen molar-refractivity contribution in [2.75, 3.05) is 24.7 Å². The van der Waals surface area contributed by atoms with Crippen LogP contribution in [0.2, 0.25) is 0 Å². The lowest BCUT2D eigenvalue weighted by Crippen LogP contribution is -2.33. The van der Waals surface area contributed by atoms with Crippen molar-refractivity contribution in [3.63, 3.8) is 0 Å². The van der Waals surface area contributed by atoms with E-state index in [1.165, 1.54) is 32.1 Å². The van der Waals surface area contributed by atoms with Gasteiger partial charge in [0.05, 0.1) is 25.5 Å². The van der Waals surface area contributed by atoms with Crippen molar-refractivity contribution < 1.29 is 14.2 Å². The van der Waals surface area contributed by atoms with Crippen molar-refractivity contribution in [2.45, 2.75) is 65.5 Å².